The van der Waals surface area contributed by atoms with Gasteiger partial charge in [-0.05, 0) is 39.7 Å². The number of thioether (sulfide) groups is 1. The van der Waals surface area contributed by atoms with Gasteiger partial charge in [-0.1, -0.05) is 11.8 Å². The molecular formula is C19H24N4O3S2. The number of rotatable bonds is 9. The number of hydrogen-bond acceptors (Lipinski definition) is 8. The summed E-state index contributed by atoms with van der Waals surface area (Å²) in [6.45, 7) is 8.93. The van der Waals surface area contributed by atoms with E-state index in [4.69, 9.17) is 15.7 Å². The van der Waals surface area contributed by atoms with Gasteiger partial charge in [0, 0.05) is 30.3 Å². The van der Waals surface area contributed by atoms with Crippen molar-refractivity contribution >= 4 is 39.1 Å². The summed E-state index contributed by atoms with van der Waals surface area (Å²) < 4.78 is 6.97. The fourth-order valence-corrected chi connectivity index (χ4v) is 4.63. The van der Waals surface area contributed by atoms with Gasteiger partial charge in [0.2, 0.25) is 0 Å². The number of aryl methyl sites for hydroxylation is 2. The zero-order chi connectivity index (χ0) is 20.8. The third-order valence-corrected chi connectivity index (χ3v) is 6.32. The Morgan fingerprint density at radius 1 is 1.43 bits per heavy atom. The Labute approximate surface area is 172 Å². The van der Waals surface area contributed by atoms with Crippen molar-refractivity contribution in [2.45, 2.75) is 45.8 Å². The molecule has 2 aromatic heterocycles. The van der Waals surface area contributed by atoms with Crippen molar-refractivity contribution in [1.29, 1.82) is 5.26 Å². The van der Waals surface area contributed by atoms with Gasteiger partial charge in [0.15, 0.2) is 10.9 Å². The number of Topliss-reactive ketones (excluding diaryl/α,β-unsaturated/α-hetero) is 1. The van der Waals surface area contributed by atoms with Crippen LogP contribution < -0.4 is 11.3 Å². The van der Waals surface area contributed by atoms with Crippen LogP contribution in [-0.4, -0.2) is 34.3 Å². The van der Waals surface area contributed by atoms with Crippen molar-refractivity contribution in [3.63, 3.8) is 0 Å². The molecule has 0 aliphatic heterocycles. The zero-order valence-electron chi connectivity index (χ0n) is 16.5. The smallest absolute Gasteiger partial charge is 0.263 e. The van der Waals surface area contributed by atoms with E-state index in [-0.39, 0.29) is 28.4 Å². The van der Waals surface area contributed by atoms with Gasteiger partial charge in [0.25, 0.3) is 5.56 Å². The molecule has 0 saturated heterocycles. The van der Waals surface area contributed by atoms with E-state index < -0.39 is 0 Å². The van der Waals surface area contributed by atoms with E-state index in [0.717, 1.165) is 22.2 Å². The topological polar surface area (TPSA) is 111 Å². The summed E-state index contributed by atoms with van der Waals surface area (Å²) in [5, 5.41) is 10.2. The molecule has 0 radical (unpaired) electrons. The summed E-state index contributed by atoms with van der Waals surface area (Å²) in [6.07, 6.45) is 0.663. The molecule has 0 fully saturated rings. The Bertz CT molecular complexity index is 1010. The number of nitrogens with zero attached hydrogens (tertiary/aromatic N) is 3. The van der Waals surface area contributed by atoms with Crippen LogP contribution in [0.2, 0.25) is 0 Å². The standard InChI is InChI=1S/C19H24N4O3S2/c1-5-26-8-6-7-23-18(25)16-11(2)13(4)28-17(16)22-19(23)27-10-15(24)14(9-20)12(3)21/h5-8,10,21H2,1-4H3/b14-12-. The minimum absolute atomic E-state index is 0.00974. The molecule has 7 nitrogen and oxygen atoms in total. The molecule has 9 heteroatoms. The van der Waals surface area contributed by atoms with Gasteiger partial charge in [-0.2, -0.15) is 5.26 Å². The lowest BCUT2D eigenvalue weighted by Gasteiger charge is -2.12. The maximum absolute atomic E-state index is 13.1. The first-order valence-electron chi connectivity index (χ1n) is 8.92. The summed E-state index contributed by atoms with van der Waals surface area (Å²) in [7, 11) is 0. The van der Waals surface area contributed by atoms with E-state index in [1.54, 1.807) is 4.57 Å². The van der Waals surface area contributed by atoms with Crippen LogP contribution in [-0.2, 0) is 16.1 Å². The lowest BCUT2D eigenvalue weighted by molar-refractivity contribution is -0.112. The molecule has 150 valence electrons. The Balaban J connectivity index is 2.39. The maximum atomic E-state index is 13.1. The van der Waals surface area contributed by atoms with Crippen LogP contribution in [0.1, 0.15) is 30.7 Å². The first-order valence-corrected chi connectivity index (χ1v) is 10.7. The molecule has 0 atom stereocenters. The van der Waals surface area contributed by atoms with Gasteiger partial charge in [0.1, 0.15) is 16.5 Å². The van der Waals surface area contributed by atoms with Crippen molar-refractivity contribution < 1.29 is 9.53 Å². The summed E-state index contributed by atoms with van der Waals surface area (Å²) in [4.78, 5) is 31.7. The highest BCUT2D eigenvalue weighted by Crippen LogP contribution is 2.28. The number of carbonyl (C=O) groups excluding carboxylic acids is 1. The molecule has 0 bridgehead atoms. The highest BCUT2D eigenvalue weighted by molar-refractivity contribution is 7.99. The van der Waals surface area contributed by atoms with Gasteiger partial charge >= 0.3 is 0 Å². The van der Waals surface area contributed by atoms with Gasteiger partial charge in [0.05, 0.1) is 11.1 Å². The summed E-state index contributed by atoms with van der Waals surface area (Å²) in [5.74, 6) is -0.384. The number of ether oxygens (including phenoxy) is 1. The van der Waals surface area contributed by atoms with Crippen LogP contribution in [0, 0.1) is 25.2 Å². The number of carbonyl (C=O) groups is 1. The molecule has 2 heterocycles. The molecule has 0 aliphatic carbocycles. The molecule has 0 aromatic carbocycles. The highest BCUT2D eigenvalue weighted by atomic mass is 32.2. The van der Waals surface area contributed by atoms with E-state index >= 15 is 0 Å². The predicted octanol–water partition coefficient (Wildman–Crippen LogP) is 2.92. The number of hydrogen-bond donors (Lipinski definition) is 1. The number of fused-ring (bicyclic) bond motifs is 1. The quantitative estimate of drug-likeness (QED) is 0.218. The number of thiophene rings is 1. The molecule has 2 aromatic rings. The minimum Gasteiger partial charge on any atom is -0.401 e. The van der Waals surface area contributed by atoms with Crippen molar-refractivity contribution in [3.05, 3.63) is 32.1 Å². The second-order valence-electron chi connectivity index (χ2n) is 6.25. The third kappa shape index (κ3) is 4.82. The molecule has 0 amide bonds. The minimum atomic E-state index is -0.374. The molecule has 0 spiro atoms. The average molecular weight is 421 g/mol. The third-order valence-electron chi connectivity index (χ3n) is 4.25. The largest absolute Gasteiger partial charge is 0.401 e. The van der Waals surface area contributed by atoms with Gasteiger partial charge < -0.3 is 10.5 Å². The normalized spacial score (nSPS) is 12.1. The highest BCUT2D eigenvalue weighted by Gasteiger charge is 2.19. The van der Waals surface area contributed by atoms with Crippen LogP contribution in [0.25, 0.3) is 10.2 Å². The van der Waals surface area contributed by atoms with Gasteiger partial charge in [-0.3, -0.25) is 14.2 Å². The van der Waals surface area contributed by atoms with Crippen molar-refractivity contribution in [2.75, 3.05) is 19.0 Å². The fourth-order valence-electron chi connectivity index (χ4n) is 2.66. The second-order valence-corrected chi connectivity index (χ2v) is 8.39. The van der Waals surface area contributed by atoms with Crippen LogP contribution in [0.4, 0.5) is 0 Å². The summed E-state index contributed by atoms with van der Waals surface area (Å²) >= 11 is 2.62. The summed E-state index contributed by atoms with van der Waals surface area (Å²) in [6, 6.07) is 1.84. The van der Waals surface area contributed by atoms with Crippen molar-refractivity contribution in [3.8, 4) is 6.07 Å². The maximum Gasteiger partial charge on any atom is 0.263 e. The molecule has 0 aliphatic rings. The van der Waals surface area contributed by atoms with Crippen molar-refractivity contribution in [2.24, 2.45) is 5.73 Å². The first kappa shape index (κ1) is 22.1. The zero-order valence-corrected chi connectivity index (χ0v) is 18.1. The Hall–Kier alpha value is -2.15. The molecule has 28 heavy (non-hydrogen) atoms. The Morgan fingerprint density at radius 3 is 2.75 bits per heavy atom. The van der Waals surface area contributed by atoms with E-state index in [9.17, 15) is 9.59 Å². The predicted molar refractivity (Wildman–Crippen MR) is 113 cm³/mol. The average Bonchev–Trinajstić information content (AvgIpc) is 2.93. The van der Waals surface area contributed by atoms with E-state index in [2.05, 4.69) is 4.98 Å². The van der Waals surface area contributed by atoms with E-state index in [1.165, 1.54) is 18.3 Å². The van der Waals surface area contributed by atoms with Gasteiger partial charge in [-0.25, -0.2) is 4.98 Å². The van der Waals surface area contributed by atoms with Gasteiger partial charge in [-0.15, -0.1) is 11.3 Å². The second kappa shape index (κ2) is 9.87. The molecule has 2 rings (SSSR count). The number of nitriles is 1. The lowest BCUT2D eigenvalue weighted by Crippen LogP contribution is -2.24. The number of aromatic nitrogens is 2. The van der Waals surface area contributed by atoms with Crippen LogP contribution >= 0.6 is 23.1 Å². The van der Waals surface area contributed by atoms with Crippen LogP contribution in [0.3, 0.4) is 0 Å². The molecular weight excluding hydrogens is 396 g/mol. The SMILES string of the molecule is CCOCCCn1c(SCC(=O)/C(C#N)=C(/C)N)nc2sc(C)c(C)c2c1=O. The molecule has 2 N–H and O–H groups in total. The Kier molecular flexibility index (Phi) is 7.80. The van der Waals surface area contributed by atoms with Crippen LogP contribution in [0.15, 0.2) is 21.2 Å². The Morgan fingerprint density at radius 2 is 2.14 bits per heavy atom. The first-order chi connectivity index (χ1) is 13.3. The molecule has 0 unspecified atom stereocenters. The lowest BCUT2D eigenvalue weighted by atomic mass is 10.2. The number of allylic oxidation sites excluding steroid dienone is 2. The van der Waals surface area contributed by atoms with E-state index in [1.807, 2.05) is 26.8 Å². The summed E-state index contributed by atoms with van der Waals surface area (Å²) in [5.41, 5.74) is 6.57. The molecule has 0 saturated carbocycles. The fraction of sp³-hybridized carbons (Fsp3) is 0.474. The number of nitrogens with two attached hydrogens (primary N) is 1. The number of ketones is 1. The monoisotopic (exact) mass is 420 g/mol. The van der Waals surface area contributed by atoms with E-state index in [0.29, 0.717) is 41.6 Å². The van der Waals surface area contributed by atoms with Crippen LogP contribution in [0.5, 0.6) is 0 Å². The van der Waals surface area contributed by atoms with Crippen molar-refractivity contribution in [1.82, 2.24) is 9.55 Å².